The van der Waals surface area contributed by atoms with Crippen LogP contribution in [0.1, 0.15) is 37.0 Å². The lowest BCUT2D eigenvalue weighted by molar-refractivity contribution is -0.134. The summed E-state index contributed by atoms with van der Waals surface area (Å²) in [5.41, 5.74) is 1.32. The summed E-state index contributed by atoms with van der Waals surface area (Å²) >= 11 is 1.47. The molecule has 1 aromatic heterocycles. The zero-order valence-corrected chi connectivity index (χ0v) is 16.3. The Hall–Kier alpha value is -2.28. The van der Waals surface area contributed by atoms with Crippen LogP contribution in [0.15, 0.2) is 29.6 Å². The van der Waals surface area contributed by atoms with Crippen LogP contribution in [0.3, 0.4) is 0 Å². The van der Waals surface area contributed by atoms with Crippen molar-refractivity contribution in [3.63, 3.8) is 0 Å². The number of rotatable bonds is 6. The standard InChI is InChI=1S/C19H24FN3O2S/c1-19(2,3)22-16(24)11-23(4)18(25)10-15-12-26-17(21-15)9-13-5-7-14(20)8-6-13/h5-8,12H,9-11H2,1-4H3,(H,22,24). The van der Waals surface area contributed by atoms with Gasteiger partial charge in [-0.3, -0.25) is 9.59 Å². The summed E-state index contributed by atoms with van der Waals surface area (Å²) in [4.78, 5) is 30.1. The van der Waals surface area contributed by atoms with Gasteiger partial charge in [-0.15, -0.1) is 11.3 Å². The molecule has 0 saturated carbocycles. The van der Waals surface area contributed by atoms with Gasteiger partial charge in [-0.2, -0.15) is 0 Å². The molecule has 0 atom stereocenters. The van der Waals surface area contributed by atoms with Crippen LogP contribution in [-0.2, 0) is 22.4 Å². The van der Waals surface area contributed by atoms with Gasteiger partial charge in [0.25, 0.3) is 0 Å². The number of thiazole rings is 1. The minimum atomic E-state index is -0.328. The summed E-state index contributed by atoms with van der Waals surface area (Å²) in [6.45, 7) is 5.70. The van der Waals surface area contributed by atoms with Crippen LogP contribution < -0.4 is 5.32 Å². The van der Waals surface area contributed by atoms with Crippen LogP contribution in [0.25, 0.3) is 0 Å². The van der Waals surface area contributed by atoms with Crippen LogP contribution in [-0.4, -0.2) is 40.8 Å². The maximum Gasteiger partial charge on any atom is 0.240 e. The number of carbonyl (C=O) groups is 2. The quantitative estimate of drug-likeness (QED) is 0.842. The molecule has 0 radical (unpaired) electrons. The van der Waals surface area contributed by atoms with Gasteiger partial charge in [-0.05, 0) is 38.5 Å². The van der Waals surface area contributed by atoms with Crippen molar-refractivity contribution in [1.82, 2.24) is 15.2 Å². The number of carbonyl (C=O) groups excluding carboxylic acids is 2. The monoisotopic (exact) mass is 377 g/mol. The van der Waals surface area contributed by atoms with Crippen molar-refractivity contribution in [3.8, 4) is 0 Å². The van der Waals surface area contributed by atoms with E-state index in [0.717, 1.165) is 10.6 Å². The van der Waals surface area contributed by atoms with Gasteiger partial charge >= 0.3 is 0 Å². The van der Waals surface area contributed by atoms with Gasteiger partial charge in [0.05, 0.1) is 23.7 Å². The molecule has 2 rings (SSSR count). The first-order valence-electron chi connectivity index (χ1n) is 8.35. The fraction of sp³-hybridized carbons (Fsp3) is 0.421. The molecular weight excluding hydrogens is 353 g/mol. The van der Waals surface area contributed by atoms with Gasteiger partial charge in [0.1, 0.15) is 5.82 Å². The van der Waals surface area contributed by atoms with E-state index in [1.165, 1.54) is 28.4 Å². The van der Waals surface area contributed by atoms with Crippen molar-refractivity contribution in [2.75, 3.05) is 13.6 Å². The minimum absolute atomic E-state index is 0.0165. The predicted octanol–water partition coefficient (Wildman–Crippen LogP) is 2.79. The molecule has 0 aliphatic carbocycles. The first-order valence-corrected chi connectivity index (χ1v) is 9.23. The summed E-state index contributed by atoms with van der Waals surface area (Å²) < 4.78 is 12.9. The first-order chi connectivity index (χ1) is 12.1. The molecule has 2 aromatic rings. The van der Waals surface area contributed by atoms with Gasteiger partial charge < -0.3 is 10.2 Å². The zero-order valence-electron chi connectivity index (χ0n) is 15.5. The number of nitrogens with zero attached hydrogens (tertiary/aromatic N) is 2. The summed E-state index contributed by atoms with van der Waals surface area (Å²) in [5.74, 6) is -0.617. The van der Waals surface area contributed by atoms with E-state index >= 15 is 0 Å². The van der Waals surface area contributed by atoms with Crippen molar-refractivity contribution in [3.05, 3.63) is 51.7 Å². The SMILES string of the molecule is CN(CC(=O)NC(C)(C)C)C(=O)Cc1csc(Cc2ccc(F)cc2)n1. The molecule has 1 aromatic carbocycles. The van der Waals surface area contributed by atoms with Gasteiger partial charge in [0.15, 0.2) is 0 Å². The second-order valence-corrected chi connectivity index (χ2v) is 8.20. The van der Waals surface area contributed by atoms with E-state index in [2.05, 4.69) is 10.3 Å². The van der Waals surface area contributed by atoms with Crippen LogP contribution in [0, 0.1) is 5.82 Å². The Morgan fingerprint density at radius 1 is 1.23 bits per heavy atom. The van der Waals surface area contributed by atoms with E-state index in [1.54, 1.807) is 19.2 Å². The van der Waals surface area contributed by atoms with Crippen molar-refractivity contribution in [1.29, 1.82) is 0 Å². The van der Waals surface area contributed by atoms with E-state index in [4.69, 9.17) is 0 Å². The lowest BCUT2D eigenvalue weighted by atomic mass is 10.1. The van der Waals surface area contributed by atoms with Crippen molar-refractivity contribution in [2.24, 2.45) is 0 Å². The van der Waals surface area contributed by atoms with Crippen LogP contribution in [0.5, 0.6) is 0 Å². The first kappa shape index (κ1) is 20.0. The van der Waals surface area contributed by atoms with Gasteiger partial charge in [-0.25, -0.2) is 9.37 Å². The smallest absolute Gasteiger partial charge is 0.240 e. The molecule has 0 bridgehead atoms. The number of aromatic nitrogens is 1. The van der Waals surface area contributed by atoms with Gasteiger partial charge in [0, 0.05) is 24.4 Å². The van der Waals surface area contributed by atoms with Crippen LogP contribution in [0.4, 0.5) is 4.39 Å². The molecule has 0 fully saturated rings. The number of hydrogen-bond donors (Lipinski definition) is 1. The molecule has 26 heavy (non-hydrogen) atoms. The third-order valence-electron chi connectivity index (χ3n) is 3.52. The second-order valence-electron chi connectivity index (χ2n) is 7.26. The lowest BCUT2D eigenvalue weighted by Gasteiger charge is -2.23. The molecule has 1 heterocycles. The van der Waals surface area contributed by atoms with Crippen LogP contribution in [0.2, 0.25) is 0 Å². The Balaban J connectivity index is 1.88. The van der Waals surface area contributed by atoms with E-state index in [1.807, 2.05) is 26.2 Å². The van der Waals surface area contributed by atoms with E-state index in [-0.39, 0.29) is 36.1 Å². The van der Waals surface area contributed by atoms with Gasteiger partial charge in [-0.1, -0.05) is 12.1 Å². The molecule has 5 nitrogen and oxygen atoms in total. The second kappa shape index (κ2) is 8.40. The Morgan fingerprint density at radius 3 is 2.50 bits per heavy atom. The summed E-state index contributed by atoms with van der Waals surface area (Å²) in [6, 6.07) is 6.29. The summed E-state index contributed by atoms with van der Waals surface area (Å²) in [7, 11) is 1.61. The third-order valence-corrected chi connectivity index (χ3v) is 4.42. The highest BCUT2D eigenvalue weighted by Crippen LogP contribution is 2.16. The molecular formula is C19H24FN3O2S. The van der Waals surface area contributed by atoms with E-state index in [9.17, 15) is 14.0 Å². The summed E-state index contributed by atoms with van der Waals surface area (Å²) in [5, 5.41) is 5.55. The number of amides is 2. The number of nitrogens with one attached hydrogen (secondary N) is 1. The zero-order chi connectivity index (χ0) is 19.3. The number of hydrogen-bond acceptors (Lipinski definition) is 4. The fourth-order valence-electron chi connectivity index (χ4n) is 2.34. The molecule has 0 saturated heterocycles. The largest absolute Gasteiger partial charge is 0.350 e. The maximum absolute atomic E-state index is 12.9. The van der Waals surface area contributed by atoms with E-state index < -0.39 is 0 Å². The van der Waals surface area contributed by atoms with Crippen molar-refractivity contribution in [2.45, 2.75) is 39.2 Å². The topological polar surface area (TPSA) is 62.3 Å². The molecule has 1 N–H and O–H groups in total. The summed E-state index contributed by atoms with van der Waals surface area (Å²) in [6.07, 6.45) is 0.752. The molecule has 7 heteroatoms. The van der Waals surface area contributed by atoms with Gasteiger partial charge in [0.2, 0.25) is 11.8 Å². The average Bonchev–Trinajstić information content (AvgIpc) is 2.94. The Morgan fingerprint density at radius 2 is 1.88 bits per heavy atom. The number of likely N-dealkylation sites (N-methyl/N-ethyl adjacent to an activating group) is 1. The van der Waals surface area contributed by atoms with Crippen LogP contribution >= 0.6 is 11.3 Å². The number of benzene rings is 1. The average molecular weight is 377 g/mol. The van der Waals surface area contributed by atoms with Crippen molar-refractivity contribution >= 4 is 23.2 Å². The molecule has 2 amide bonds. The Kier molecular flexibility index (Phi) is 6.47. The highest BCUT2D eigenvalue weighted by Gasteiger charge is 2.18. The minimum Gasteiger partial charge on any atom is -0.350 e. The molecule has 0 aliphatic heterocycles. The molecule has 0 unspecified atom stereocenters. The lowest BCUT2D eigenvalue weighted by Crippen LogP contribution is -2.46. The Labute approximate surface area is 157 Å². The molecule has 0 aliphatic rings. The highest BCUT2D eigenvalue weighted by molar-refractivity contribution is 7.09. The highest BCUT2D eigenvalue weighted by atomic mass is 32.1. The van der Waals surface area contributed by atoms with E-state index in [0.29, 0.717) is 12.1 Å². The molecule has 140 valence electrons. The number of halogens is 1. The fourth-order valence-corrected chi connectivity index (χ4v) is 3.17. The third kappa shape index (κ3) is 6.55. The predicted molar refractivity (Wildman–Crippen MR) is 101 cm³/mol. The maximum atomic E-state index is 12.9. The Bertz CT molecular complexity index is 766. The normalized spacial score (nSPS) is 11.3. The van der Waals surface area contributed by atoms with Crippen molar-refractivity contribution < 1.29 is 14.0 Å². The molecule has 0 spiro atoms.